The number of carbonyl (C=O) groups excluding carboxylic acids is 1. The van der Waals surface area contributed by atoms with Crippen LogP contribution < -0.4 is 11.1 Å². The summed E-state index contributed by atoms with van der Waals surface area (Å²) in [6.07, 6.45) is 0. The van der Waals surface area contributed by atoms with E-state index in [2.05, 4.69) is 5.32 Å². The molecule has 0 radical (unpaired) electrons. The zero-order chi connectivity index (χ0) is 15.0. The monoisotopic (exact) mass is 304 g/mol. The van der Waals surface area contributed by atoms with E-state index in [1.165, 1.54) is 12.1 Å². The van der Waals surface area contributed by atoms with Crippen LogP contribution in [0.2, 0.25) is 10.0 Å². The van der Waals surface area contributed by atoms with Gasteiger partial charge in [-0.15, -0.1) is 0 Å². The first-order chi connectivity index (χ1) is 8.46. The van der Waals surface area contributed by atoms with Crippen LogP contribution in [0.4, 0.5) is 5.69 Å². The number of halogens is 2. The lowest BCUT2D eigenvalue weighted by atomic mass is 9.74. The minimum atomic E-state index is -0.788. The minimum Gasteiger partial charge on any atom is -0.505 e. The average Bonchev–Trinajstić information content (AvgIpc) is 2.24. The summed E-state index contributed by atoms with van der Waals surface area (Å²) in [4.78, 5) is 12.2. The molecular formula is C13H18Cl2N2O2. The van der Waals surface area contributed by atoms with Gasteiger partial charge in [-0.2, -0.15) is 0 Å². The van der Waals surface area contributed by atoms with E-state index in [4.69, 9.17) is 28.9 Å². The standard InChI is InChI=1S/C13H18Cl2N2O2/c1-12(2,13(3,4)16)11(19)17-7-5-8(14)10(18)9(15)6-7/h5-6,18H,16H2,1-4H3,(H,17,19). The second-order valence-electron chi connectivity index (χ2n) is 5.59. The Balaban J connectivity index is 3.02. The number of hydrogen-bond acceptors (Lipinski definition) is 3. The minimum absolute atomic E-state index is 0.0765. The summed E-state index contributed by atoms with van der Waals surface area (Å²) in [7, 11) is 0. The number of anilines is 1. The van der Waals surface area contributed by atoms with Gasteiger partial charge >= 0.3 is 0 Å². The number of phenols is 1. The maximum Gasteiger partial charge on any atom is 0.231 e. The van der Waals surface area contributed by atoms with Gasteiger partial charge in [-0.25, -0.2) is 0 Å². The summed E-state index contributed by atoms with van der Waals surface area (Å²) < 4.78 is 0. The van der Waals surface area contributed by atoms with Crippen molar-refractivity contribution in [1.82, 2.24) is 0 Å². The van der Waals surface area contributed by atoms with Crippen LogP contribution in [-0.4, -0.2) is 16.6 Å². The Morgan fingerprint density at radius 1 is 1.21 bits per heavy atom. The van der Waals surface area contributed by atoms with Crippen LogP contribution in [0.5, 0.6) is 5.75 Å². The lowest BCUT2D eigenvalue weighted by molar-refractivity contribution is -0.126. The van der Waals surface area contributed by atoms with Crippen molar-refractivity contribution >= 4 is 34.8 Å². The summed E-state index contributed by atoms with van der Waals surface area (Å²) in [5.74, 6) is -0.461. The molecule has 1 rings (SSSR count). The molecule has 0 fully saturated rings. The number of nitrogens with one attached hydrogen (secondary N) is 1. The number of benzene rings is 1. The first kappa shape index (κ1) is 16.1. The second kappa shape index (κ2) is 5.19. The Kier molecular flexibility index (Phi) is 4.40. The number of amides is 1. The molecule has 0 bridgehead atoms. The van der Waals surface area contributed by atoms with Gasteiger partial charge in [-0.1, -0.05) is 23.2 Å². The highest BCUT2D eigenvalue weighted by Crippen LogP contribution is 2.36. The SMILES string of the molecule is CC(C)(N)C(C)(C)C(=O)Nc1cc(Cl)c(O)c(Cl)c1. The molecule has 106 valence electrons. The van der Waals surface area contributed by atoms with E-state index in [0.717, 1.165) is 0 Å². The topological polar surface area (TPSA) is 75.4 Å². The van der Waals surface area contributed by atoms with Gasteiger partial charge in [0.1, 0.15) is 0 Å². The fourth-order valence-electron chi connectivity index (χ4n) is 1.22. The maximum absolute atomic E-state index is 12.2. The summed E-state index contributed by atoms with van der Waals surface area (Å²) >= 11 is 11.6. The van der Waals surface area contributed by atoms with Gasteiger partial charge in [0.15, 0.2) is 5.75 Å². The van der Waals surface area contributed by atoms with E-state index >= 15 is 0 Å². The third-order valence-corrected chi connectivity index (χ3v) is 4.03. The van der Waals surface area contributed by atoms with Crippen molar-refractivity contribution in [3.63, 3.8) is 0 Å². The molecule has 0 heterocycles. The third kappa shape index (κ3) is 3.32. The smallest absolute Gasteiger partial charge is 0.231 e. The lowest BCUT2D eigenvalue weighted by Gasteiger charge is -2.36. The van der Waals surface area contributed by atoms with Crippen LogP contribution >= 0.6 is 23.2 Å². The summed E-state index contributed by atoms with van der Waals surface area (Å²) in [5, 5.41) is 12.3. The Bertz CT molecular complexity index is 485. The van der Waals surface area contributed by atoms with Crippen molar-refractivity contribution in [1.29, 1.82) is 0 Å². The van der Waals surface area contributed by atoms with Crippen LogP contribution in [0, 0.1) is 5.41 Å². The Morgan fingerprint density at radius 3 is 2.00 bits per heavy atom. The summed E-state index contributed by atoms with van der Waals surface area (Å²) in [6.45, 7) is 7.07. The van der Waals surface area contributed by atoms with Crippen LogP contribution in [-0.2, 0) is 4.79 Å². The normalized spacial score (nSPS) is 12.4. The first-order valence-electron chi connectivity index (χ1n) is 5.75. The highest BCUT2D eigenvalue weighted by molar-refractivity contribution is 6.37. The number of rotatable bonds is 3. The Hall–Kier alpha value is -0.970. The number of phenolic OH excluding ortho intramolecular Hbond substituents is 1. The molecule has 4 nitrogen and oxygen atoms in total. The summed E-state index contributed by atoms with van der Waals surface area (Å²) in [6, 6.07) is 2.86. The van der Waals surface area contributed by atoms with E-state index < -0.39 is 11.0 Å². The predicted molar refractivity (Wildman–Crippen MR) is 78.8 cm³/mol. The zero-order valence-electron chi connectivity index (χ0n) is 11.3. The molecule has 0 aromatic heterocycles. The lowest BCUT2D eigenvalue weighted by Crippen LogP contribution is -2.53. The maximum atomic E-state index is 12.2. The number of aromatic hydroxyl groups is 1. The molecule has 0 saturated heterocycles. The van der Waals surface area contributed by atoms with Gasteiger partial charge in [-0.05, 0) is 39.8 Å². The fraction of sp³-hybridized carbons (Fsp3) is 0.462. The second-order valence-corrected chi connectivity index (χ2v) is 6.40. The van der Waals surface area contributed by atoms with Gasteiger partial charge in [0.25, 0.3) is 0 Å². The van der Waals surface area contributed by atoms with E-state index in [9.17, 15) is 9.90 Å². The molecule has 0 aliphatic heterocycles. The molecular weight excluding hydrogens is 287 g/mol. The van der Waals surface area contributed by atoms with E-state index in [-0.39, 0.29) is 21.7 Å². The van der Waals surface area contributed by atoms with Crippen molar-refractivity contribution in [2.45, 2.75) is 33.2 Å². The van der Waals surface area contributed by atoms with Gasteiger partial charge in [-0.3, -0.25) is 4.79 Å². The van der Waals surface area contributed by atoms with Crippen LogP contribution in [0.3, 0.4) is 0 Å². The fourth-order valence-corrected chi connectivity index (χ4v) is 1.70. The molecule has 1 amide bonds. The summed E-state index contributed by atoms with van der Waals surface area (Å²) in [5.41, 5.74) is 4.93. The van der Waals surface area contributed by atoms with Crippen molar-refractivity contribution in [2.75, 3.05) is 5.32 Å². The largest absolute Gasteiger partial charge is 0.505 e. The van der Waals surface area contributed by atoms with Crippen molar-refractivity contribution in [2.24, 2.45) is 11.1 Å². The van der Waals surface area contributed by atoms with Gasteiger partial charge in [0, 0.05) is 11.2 Å². The van der Waals surface area contributed by atoms with Crippen LogP contribution in [0.25, 0.3) is 0 Å². The van der Waals surface area contributed by atoms with Crippen molar-refractivity contribution in [3.05, 3.63) is 22.2 Å². The Labute approximate surface area is 122 Å². The van der Waals surface area contributed by atoms with E-state index in [1.807, 2.05) is 0 Å². The molecule has 6 heteroatoms. The molecule has 4 N–H and O–H groups in total. The van der Waals surface area contributed by atoms with Crippen molar-refractivity contribution in [3.8, 4) is 5.75 Å². The first-order valence-corrected chi connectivity index (χ1v) is 6.51. The quantitative estimate of drug-likeness (QED) is 0.749. The average molecular weight is 305 g/mol. The molecule has 19 heavy (non-hydrogen) atoms. The third-order valence-electron chi connectivity index (χ3n) is 3.45. The molecule has 1 aromatic carbocycles. The molecule has 0 spiro atoms. The predicted octanol–water partition coefficient (Wildman–Crippen LogP) is 3.40. The highest BCUT2D eigenvalue weighted by atomic mass is 35.5. The van der Waals surface area contributed by atoms with Gasteiger partial charge in [0.05, 0.1) is 15.5 Å². The molecule has 0 aliphatic carbocycles. The van der Waals surface area contributed by atoms with Crippen molar-refractivity contribution < 1.29 is 9.90 Å². The molecule has 1 aromatic rings. The number of carbonyl (C=O) groups is 1. The highest BCUT2D eigenvalue weighted by Gasteiger charge is 2.40. The zero-order valence-corrected chi connectivity index (χ0v) is 12.9. The van der Waals surface area contributed by atoms with Crippen LogP contribution in [0.15, 0.2) is 12.1 Å². The van der Waals surface area contributed by atoms with Crippen LogP contribution in [0.1, 0.15) is 27.7 Å². The van der Waals surface area contributed by atoms with E-state index in [0.29, 0.717) is 5.69 Å². The molecule has 0 aliphatic rings. The van der Waals surface area contributed by atoms with E-state index in [1.54, 1.807) is 27.7 Å². The molecule has 0 unspecified atom stereocenters. The van der Waals surface area contributed by atoms with Gasteiger partial charge in [0.2, 0.25) is 5.91 Å². The number of hydrogen-bond donors (Lipinski definition) is 3. The van der Waals surface area contributed by atoms with Gasteiger partial charge < -0.3 is 16.2 Å². The number of nitrogens with two attached hydrogens (primary N) is 1. The Morgan fingerprint density at radius 2 is 1.63 bits per heavy atom. The molecule has 0 atom stereocenters. The molecule has 0 saturated carbocycles.